The molecular weight excluding hydrogens is 208 g/mol. The Morgan fingerprint density at radius 2 is 2.33 bits per heavy atom. The number of thioether (sulfide) groups is 1. The molecule has 0 aromatic carbocycles. The minimum Gasteiger partial charge on any atom is -0.382 e. The number of nitrogens with one attached hydrogen (secondary N) is 1. The van der Waals surface area contributed by atoms with Crippen molar-refractivity contribution in [1.82, 2.24) is 5.32 Å². The lowest BCUT2D eigenvalue weighted by Gasteiger charge is -2.20. The van der Waals surface area contributed by atoms with Gasteiger partial charge >= 0.3 is 0 Å². The third-order valence-electron chi connectivity index (χ3n) is 2.62. The van der Waals surface area contributed by atoms with Crippen LogP contribution in [0.5, 0.6) is 0 Å². The van der Waals surface area contributed by atoms with E-state index in [1.165, 1.54) is 0 Å². The summed E-state index contributed by atoms with van der Waals surface area (Å²) in [6.45, 7) is 8.98. The maximum Gasteiger partial charge on any atom is 0.157 e. The zero-order chi connectivity index (χ0) is 11.1. The molecule has 0 saturated carbocycles. The van der Waals surface area contributed by atoms with Crippen LogP contribution < -0.4 is 5.32 Å². The monoisotopic (exact) mass is 230 g/mol. The smallest absolute Gasteiger partial charge is 0.157 e. The molecule has 3 nitrogen and oxygen atoms in total. The fourth-order valence-corrected chi connectivity index (χ4v) is 2.56. The summed E-state index contributed by atoms with van der Waals surface area (Å²) in [6.07, 6.45) is 2.17. The molecule has 0 aromatic rings. The molecule has 0 bridgehead atoms. The Hall–Kier alpha value is -0.220. The van der Waals surface area contributed by atoms with Crippen LogP contribution in [0.2, 0.25) is 0 Å². The number of ether oxygens (including phenoxy) is 1. The van der Waals surface area contributed by atoms with Crippen molar-refractivity contribution >= 4 is 16.9 Å². The van der Waals surface area contributed by atoms with Gasteiger partial charge in [-0.25, -0.2) is 0 Å². The first-order valence-corrected chi connectivity index (χ1v) is 6.72. The van der Waals surface area contributed by atoms with Gasteiger partial charge in [-0.3, -0.25) is 4.99 Å². The molecule has 1 fully saturated rings. The topological polar surface area (TPSA) is 33.6 Å². The first-order chi connectivity index (χ1) is 7.20. The van der Waals surface area contributed by atoms with Gasteiger partial charge in [0.15, 0.2) is 5.17 Å². The van der Waals surface area contributed by atoms with Crippen LogP contribution in [0, 0.1) is 0 Å². The van der Waals surface area contributed by atoms with Crippen LogP contribution >= 0.6 is 11.8 Å². The molecule has 1 rings (SSSR count). The summed E-state index contributed by atoms with van der Waals surface area (Å²) in [7, 11) is 0. The van der Waals surface area contributed by atoms with Crippen LogP contribution in [0.3, 0.4) is 0 Å². The number of hydrogen-bond acceptors (Lipinski definition) is 3. The van der Waals surface area contributed by atoms with Crippen LogP contribution in [-0.4, -0.2) is 36.2 Å². The quantitative estimate of drug-likeness (QED) is 0.711. The van der Waals surface area contributed by atoms with Crippen LogP contribution in [0.1, 0.15) is 33.6 Å². The normalized spacial score (nSPS) is 28.3. The second kappa shape index (κ2) is 6.38. The average molecular weight is 230 g/mol. The molecular formula is C11H22N2OS. The predicted molar refractivity (Wildman–Crippen MR) is 67.7 cm³/mol. The van der Waals surface area contributed by atoms with Crippen molar-refractivity contribution in [2.45, 2.75) is 39.2 Å². The molecule has 0 amide bonds. The molecule has 0 radical (unpaired) electrons. The molecule has 1 N–H and O–H groups in total. The Morgan fingerprint density at radius 1 is 1.53 bits per heavy atom. The van der Waals surface area contributed by atoms with Crippen molar-refractivity contribution in [1.29, 1.82) is 0 Å². The van der Waals surface area contributed by atoms with Gasteiger partial charge in [0.2, 0.25) is 0 Å². The van der Waals surface area contributed by atoms with Gasteiger partial charge in [0.1, 0.15) is 0 Å². The van der Waals surface area contributed by atoms with Crippen LogP contribution in [0.15, 0.2) is 4.99 Å². The summed E-state index contributed by atoms with van der Waals surface area (Å²) < 4.78 is 5.26. The molecule has 1 aliphatic rings. The van der Waals surface area contributed by atoms with Crippen molar-refractivity contribution < 1.29 is 4.74 Å². The van der Waals surface area contributed by atoms with Crippen molar-refractivity contribution in [2.24, 2.45) is 4.99 Å². The predicted octanol–water partition coefficient (Wildman–Crippen LogP) is 2.27. The van der Waals surface area contributed by atoms with E-state index in [9.17, 15) is 0 Å². The van der Waals surface area contributed by atoms with Gasteiger partial charge in [0, 0.05) is 31.1 Å². The summed E-state index contributed by atoms with van der Waals surface area (Å²) in [4.78, 5) is 4.53. The van der Waals surface area contributed by atoms with Crippen molar-refractivity contribution in [2.75, 3.05) is 25.5 Å². The molecule has 4 heteroatoms. The van der Waals surface area contributed by atoms with E-state index in [-0.39, 0.29) is 5.54 Å². The van der Waals surface area contributed by atoms with Gasteiger partial charge in [-0.05, 0) is 26.7 Å². The van der Waals surface area contributed by atoms with Gasteiger partial charge < -0.3 is 10.1 Å². The Morgan fingerprint density at radius 3 is 2.93 bits per heavy atom. The molecule has 15 heavy (non-hydrogen) atoms. The lowest BCUT2D eigenvalue weighted by Crippen LogP contribution is -2.39. The first-order valence-electron chi connectivity index (χ1n) is 5.73. The van der Waals surface area contributed by atoms with Crippen LogP contribution in [0.4, 0.5) is 0 Å². The minimum atomic E-state index is 0.253. The van der Waals surface area contributed by atoms with Crippen LogP contribution in [0.25, 0.3) is 0 Å². The Labute approximate surface area is 97.1 Å². The van der Waals surface area contributed by atoms with Crippen molar-refractivity contribution in [3.8, 4) is 0 Å². The summed E-state index contributed by atoms with van der Waals surface area (Å²) in [5.41, 5.74) is 0.253. The third-order valence-corrected chi connectivity index (χ3v) is 3.91. The zero-order valence-electron chi connectivity index (χ0n) is 10.0. The molecule has 1 atom stereocenters. The molecule has 1 heterocycles. The van der Waals surface area contributed by atoms with E-state index >= 15 is 0 Å². The van der Waals surface area contributed by atoms with E-state index in [2.05, 4.69) is 24.2 Å². The van der Waals surface area contributed by atoms with Crippen molar-refractivity contribution in [3.63, 3.8) is 0 Å². The Bertz CT molecular complexity index is 221. The van der Waals surface area contributed by atoms with E-state index in [0.29, 0.717) is 0 Å². The average Bonchev–Trinajstić information content (AvgIpc) is 2.61. The zero-order valence-corrected chi connectivity index (χ0v) is 10.8. The molecule has 1 unspecified atom stereocenters. The number of aliphatic imine (C=N–C) groups is 1. The van der Waals surface area contributed by atoms with Gasteiger partial charge in [-0.2, -0.15) is 0 Å². The summed E-state index contributed by atoms with van der Waals surface area (Å²) >= 11 is 1.84. The lowest BCUT2D eigenvalue weighted by atomic mass is 10.0. The van der Waals surface area contributed by atoms with E-state index in [1.54, 1.807) is 0 Å². The van der Waals surface area contributed by atoms with E-state index in [1.807, 2.05) is 18.7 Å². The molecule has 1 aliphatic heterocycles. The highest BCUT2D eigenvalue weighted by Gasteiger charge is 2.30. The Kier molecular flexibility index (Phi) is 5.47. The number of hydrogen-bond donors (Lipinski definition) is 1. The highest BCUT2D eigenvalue weighted by atomic mass is 32.2. The molecule has 88 valence electrons. The molecule has 0 spiro atoms. The van der Waals surface area contributed by atoms with Gasteiger partial charge in [0.05, 0.1) is 0 Å². The highest BCUT2D eigenvalue weighted by Crippen LogP contribution is 2.25. The maximum absolute atomic E-state index is 5.26. The summed E-state index contributed by atoms with van der Waals surface area (Å²) in [6, 6.07) is 0. The maximum atomic E-state index is 5.26. The van der Waals surface area contributed by atoms with Gasteiger partial charge in [0.25, 0.3) is 0 Å². The summed E-state index contributed by atoms with van der Waals surface area (Å²) in [5.74, 6) is 1.13. The minimum absolute atomic E-state index is 0.253. The van der Waals surface area contributed by atoms with Crippen LogP contribution in [-0.2, 0) is 4.74 Å². The third kappa shape index (κ3) is 4.43. The Balaban J connectivity index is 2.19. The molecule has 0 aliphatic carbocycles. The largest absolute Gasteiger partial charge is 0.382 e. The highest BCUT2D eigenvalue weighted by molar-refractivity contribution is 8.14. The number of nitrogens with zero attached hydrogens (tertiary/aromatic N) is 1. The van der Waals surface area contributed by atoms with E-state index < -0.39 is 0 Å². The number of amidine groups is 1. The lowest BCUT2D eigenvalue weighted by molar-refractivity contribution is 0.146. The second-order valence-corrected chi connectivity index (χ2v) is 5.03. The van der Waals surface area contributed by atoms with E-state index in [0.717, 1.165) is 43.5 Å². The number of rotatable bonds is 6. The second-order valence-electron chi connectivity index (χ2n) is 4.07. The molecule has 1 saturated heterocycles. The first kappa shape index (κ1) is 12.8. The summed E-state index contributed by atoms with van der Waals surface area (Å²) in [5, 5.41) is 4.59. The fraction of sp³-hybridized carbons (Fsp3) is 0.909. The molecule has 0 aromatic heterocycles. The van der Waals surface area contributed by atoms with Gasteiger partial charge in [-0.1, -0.05) is 18.7 Å². The van der Waals surface area contributed by atoms with E-state index in [4.69, 9.17) is 4.74 Å². The van der Waals surface area contributed by atoms with Gasteiger partial charge in [-0.15, -0.1) is 0 Å². The SMILES string of the molecule is CCOCCCN=C1NC(C)(CC)CS1. The fourth-order valence-electron chi connectivity index (χ4n) is 1.33. The van der Waals surface area contributed by atoms with Crippen molar-refractivity contribution in [3.05, 3.63) is 0 Å². The standard InChI is InChI=1S/C11H22N2OS/c1-4-11(3)9-15-10(13-11)12-7-6-8-14-5-2/h4-9H2,1-3H3,(H,12,13).